The highest BCUT2D eigenvalue weighted by atomic mass is 19.4. The Balaban J connectivity index is 3.04. The highest BCUT2D eigenvalue weighted by Gasteiger charge is 2.28. The predicted molar refractivity (Wildman–Crippen MR) is 47.6 cm³/mol. The zero-order valence-corrected chi connectivity index (χ0v) is 7.51. The Labute approximate surface area is 83.3 Å². The molecule has 0 aromatic heterocycles. The Morgan fingerprint density at radius 3 is 2.40 bits per heavy atom. The van der Waals surface area contributed by atoms with Gasteiger partial charge in [-0.1, -0.05) is 0 Å². The van der Waals surface area contributed by atoms with E-state index in [0.717, 1.165) is 18.2 Å². The molecular weight excluding hydrogens is 211 g/mol. The summed E-state index contributed by atoms with van der Waals surface area (Å²) in [6.45, 7) is 0. The van der Waals surface area contributed by atoms with Crippen molar-refractivity contribution in [3.63, 3.8) is 0 Å². The maximum Gasteiger partial charge on any atom is 0.393 e. The van der Waals surface area contributed by atoms with Crippen molar-refractivity contribution in [3.8, 4) is 0 Å². The van der Waals surface area contributed by atoms with Crippen molar-refractivity contribution in [2.45, 2.75) is 12.6 Å². The number of halogens is 3. The number of hydrogen-bond donors (Lipinski definition) is 2. The third kappa shape index (κ3) is 3.49. The lowest BCUT2D eigenvalue weighted by Crippen LogP contribution is -2.12. The van der Waals surface area contributed by atoms with Gasteiger partial charge in [-0.2, -0.15) is 13.2 Å². The molecule has 15 heavy (non-hydrogen) atoms. The summed E-state index contributed by atoms with van der Waals surface area (Å²) in [5, 5.41) is 8.60. The van der Waals surface area contributed by atoms with E-state index in [-0.39, 0.29) is 16.8 Å². The molecule has 0 heterocycles. The first-order valence-corrected chi connectivity index (χ1v) is 3.97. The maximum absolute atomic E-state index is 12.0. The molecule has 0 radical (unpaired) electrons. The van der Waals surface area contributed by atoms with Crippen LogP contribution in [0.15, 0.2) is 18.2 Å². The lowest BCUT2D eigenvalue weighted by Gasteiger charge is -2.08. The van der Waals surface area contributed by atoms with Gasteiger partial charge < -0.3 is 10.8 Å². The summed E-state index contributed by atoms with van der Waals surface area (Å²) in [6, 6.07) is 3.19. The summed E-state index contributed by atoms with van der Waals surface area (Å²) in [7, 11) is 0. The molecule has 0 unspecified atom stereocenters. The number of carboxylic acids is 1. The Hall–Kier alpha value is -1.72. The van der Waals surface area contributed by atoms with E-state index in [1.165, 1.54) is 0 Å². The average Bonchev–Trinajstić information content (AvgIpc) is 1.99. The van der Waals surface area contributed by atoms with E-state index < -0.39 is 18.6 Å². The molecule has 0 aliphatic rings. The summed E-state index contributed by atoms with van der Waals surface area (Å²) >= 11 is 0. The number of hydrogen-bond acceptors (Lipinski definition) is 2. The van der Waals surface area contributed by atoms with Gasteiger partial charge in [0.15, 0.2) is 0 Å². The molecule has 0 aliphatic carbocycles. The fourth-order valence-corrected chi connectivity index (χ4v) is 1.18. The molecule has 82 valence electrons. The van der Waals surface area contributed by atoms with Gasteiger partial charge in [-0.15, -0.1) is 0 Å². The zero-order valence-electron chi connectivity index (χ0n) is 7.51. The molecule has 0 saturated carbocycles. The fraction of sp³-hybridized carbons (Fsp3) is 0.222. The van der Waals surface area contributed by atoms with E-state index in [9.17, 15) is 18.0 Å². The predicted octanol–water partition coefficient (Wildman–Crippen LogP) is 2.07. The first-order chi connectivity index (χ1) is 6.78. The summed E-state index contributed by atoms with van der Waals surface area (Å²) < 4.78 is 36.1. The number of anilines is 1. The molecular formula is C9H8F3NO2. The van der Waals surface area contributed by atoms with Crippen LogP contribution in [0.5, 0.6) is 0 Å². The van der Waals surface area contributed by atoms with Crippen LogP contribution in [0, 0.1) is 0 Å². The van der Waals surface area contributed by atoms with Crippen molar-refractivity contribution in [1.29, 1.82) is 0 Å². The standard InChI is InChI=1S/C9H8F3NO2/c10-9(11,12)4-5-1-6(8(14)15)3-7(13)2-5/h1-3H,4,13H2,(H,14,15). The van der Waals surface area contributed by atoms with Gasteiger partial charge in [0.1, 0.15) is 0 Å². The average molecular weight is 219 g/mol. The van der Waals surface area contributed by atoms with Crippen molar-refractivity contribution in [2.75, 3.05) is 5.73 Å². The molecule has 0 saturated heterocycles. The molecule has 0 fully saturated rings. The Morgan fingerprint density at radius 2 is 1.93 bits per heavy atom. The molecule has 0 aliphatic heterocycles. The second-order valence-electron chi connectivity index (χ2n) is 3.06. The highest BCUT2D eigenvalue weighted by Crippen LogP contribution is 2.23. The summed E-state index contributed by atoms with van der Waals surface area (Å²) in [5.74, 6) is -1.30. The van der Waals surface area contributed by atoms with Crippen molar-refractivity contribution < 1.29 is 23.1 Å². The molecule has 0 spiro atoms. The van der Waals surface area contributed by atoms with Crippen LogP contribution in [-0.2, 0) is 6.42 Å². The molecule has 6 heteroatoms. The molecule has 1 aromatic carbocycles. The van der Waals surface area contributed by atoms with Crippen LogP contribution >= 0.6 is 0 Å². The summed E-state index contributed by atoms with van der Waals surface area (Å²) in [4.78, 5) is 10.5. The van der Waals surface area contributed by atoms with Crippen LogP contribution < -0.4 is 5.73 Å². The number of carboxylic acid groups (broad SMARTS) is 1. The Bertz CT molecular complexity index is 387. The maximum atomic E-state index is 12.0. The third-order valence-electron chi connectivity index (χ3n) is 1.67. The number of rotatable bonds is 2. The van der Waals surface area contributed by atoms with E-state index in [4.69, 9.17) is 10.8 Å². The molecule has 3 nitrogen and oxygen atoms in total. The van der Waals surface area contributed by atoms with Crippen molar-refractivity contribution >= 4 is 11.7 Å². The van der Waals surface area contributed by atoms with E-state index in [1.54, 1.807) is 0 Å². The molecule has 3 N–H and O–H groups in total. The van der Waals surface area contributed by atoms with Crippen molar-refractivity contribution in [1.82, 2.24) is 0 Å². The van der Waals surface area contributed by atoms with E-state index in [0.29, 0.717) is 0 Å². The Kier molecular flexibility index (Phi) is 2.88. The SMILES string of the molecule is Nc1cc(CC(F)(F)F)cc(C(=O)O)c1. The first-order valence-electron chi connectivity index (χ1n) is 3.97. The zero-order chi connectivity index (χ0) is 11.6. The van der Waals surface area contributed by atoms with Crippen LogP contribution in [0.3, 0.4) is 0 Å². The largest absolute Gasteiger partial charge is 0.478 e. The van der Waals surface area contributed by atoms with Gasteiger partial charge in [-0.25, -0.2) is 4.79 Å². The first kappa shape index (κ1) is 11.4. The van der Waals surface area contributed by atoms with Gasteiger partial charge in [0.2, 0.25) is 0 Å². The molecule has 1 aromatic rings. The van der Waals surface area contributed by atoms with Crippen molar-refractivity contribution in [3.05, 3.63) is 29.3 Å². The van der Waals surface area contributed by atoms with Crippen LogP contribution in [0.1, 0.15) is 15.9 Å². The van der Waals surface area contributed by atoms with Crippen molar-refractivity contribution in [2.24, 2.45) is 0 Å². The van der Waals surface area contributed by atoms with E-state index >= 15 is 0 Å². The number of alkyl halides is 3. The van der Waals surface area contributed by atoms with E-state index in [1.807, 2.05) is 0 Å². The fourth-order valence-electron chi connectivity index (χ4n) is 1.18. The van der Waals surface area contributed by atoms with Gasteiger partial charge in [0, 0.05) is 5.69 Å². The number of carbonyl (C=O) groups is 1. The smallest absolute Gasteiger partial charge is 0.393 e. The second kappa shape index (κ2) is 3.80. The Morgan fingerprint density at radius 1 is 1.33 bits per heavy atom. The van der Waals surface area contributed by atoms with Crippen LogP contribution in [0.4, 0.5) is 18.9 Å². The molecule has 0 bridgehead atoms. The van der Waals surface area contributed by atoms with Crippen LogP contribution in [0.2, 0.25) is 0 Å². The monoisotopic (exact) mass is 219 g/mol. The van der Waals surface area contributed by atoms with Gasteiger partial charge >= 0.3 is 12.1 Å². The molecule has 1 rings (SSSR count). The highest BCUT2D eigenvalue weighted by molar-refractivity contribution is 5.89. The third-order valence-corrected chi connectivity index (χ3v) is 1.67. The summed E-state index contributed by atoms with van der Waals surface area (Å²) in [5.41, 5.74) is 4.90. The lowest BCUT2D eigenvalue weighted by atomic mass is 10.1. The normalized spacial score (nSPS) is 11.4. The van der Waals surface area contributed by atoms with Gasteiger partial charge in [-0.05, 0) is 23.8 Å². The van der Waals surface area contributed by atoms with Gasteiger partial charge in [0.05, 0.1) is 12.0 Å². The van der Waals surface area contributed by atoms with E-state index in [2.05, 4.69) is 0 Å². The summed E-state index contributed by atoms with van der Waals surface area (Å²) in [6.07, 6.45) is -5.55. The number of nitrogen functional groups attached to an aromatic ring is 1. The topological polar surface area (TPSA) is 63.3 Å². The number of benzene rings is 1. The van der Waals surface area contributed by atoms with Crippen LogP contribution in [-0.4, -0.2) is 17.3 Å². The minimum atomic E-state index is -4.37. The molecule has 0 atom stereocenters. The van der Waals surface area contributed by atoms with Crippen LogP contribution in [0.25, 0.3) is 0 Å². The minimum absolute atomic E-state index is 0.00847. The molecule has 0 amide bonds. The quantitative estimate of drug-likeness (QED) is 0.748. The second-order valence-corrected chi connectivity index (χ2v) is 3.06. The van der Waals surface area contributed by atoms with Gasteiger partial charge in [0.25, 0.3) is 0 Å². The lowest BCUT2D eigenvalue weighted by molar-refractivity contribution is -0.127. The minimum Gasteiger partial charge on any atom is -0.478 e. The number of nitrogens with two attached hydrogens (primary N) is 1. The number of aromatic carboxylic acids is 1. The van der Waals surface area contributed by atoms with Gasteiger partial charge in [-0.3, -0.25) is 0 Å².